The average molecular weight is 595 g/mol. The molecule has 2 unspecified atom stereocenters. The number of allylic oxidation sites excluding steroid dienone is 2. The summed E-state index contributed by atoms with van der Waals surface area (Å²) in [5, 5.41) is 26.5. The zero-order valence-corrected chi connectivity index (χ0v) is 23.0. The second-order valence-corrected chi connectivity index (χ2v) is 13.4. The second kappa shape index (κ2) is 7.40. The first-order valence-electron chi connectivity index (χ1n) is 10.2. The van der Waals surface area contributed by atoms with Crippen molar-refractivity contribution in [2.45, 2.75) is 71.7 Å². The number of primary amides is 1. The number of hydrogen-bond acceptors (Lipinski definition) is 5. The SMILES string of the molecule is CC1(C)CC(N(C(=O)C(N)=O)n2c(O)c3c(c2O)C2(Cl)C(Cl)=C(Cl)C3(Cl)C2(Cl)Cl)CC(C)(C)N1. The molecule has 0 saturated carbocycles. The number of fused-ring (bicyclic) bond motifs is 5. The summed E-state index contributed by atoms with van der Waals surface area (Å²) in [6, 6.07) is -0.693. The van der Waals surface area contributed by atoms with Crippen LogP contribution in [-0.4, -0.2) is 48.2 Å². The lowest BCUT2D eigenvalue weighted by atomic mass is 9.79. The maximum atomic E-state index is 13.1. The molecule has 1 saturated heterocycles. The van der Waals surface area contributed by atoms with Gasteiger partial charge in [-0.1, -0.05) is 46.4 Å². The highest BCUT2D eigenvalue weighted by molar-refractivity contribution is 6.65. The number of hydrogen-bond donors (Lipinski definition) is 4. The summed E-state index contributed by atoms with van der Waals surface area (Å²) < 4.78 is -1.36. The van der Waals surface area contributed by atoms with Gasteiger partial charge < -0.3 is 21.3 Å². The van der Waals surface area contributed by atoms with Crippen LogP contribution in [0.4, 0.5) is 0 Å². The molecule has 5 N–H and O–H groups in total. The van der Waals surface area contributed by atoms with Crippen molar-refractivity contribution in [3.05, 3.63) is 21.2 Å². The first kappa shape index (κ1) is 26.3. The molecular formula is C20H22Cl6N4O4. The van der Waals surface area contributed by atoms with E-state index in [4.69, 9.17) is 75.3 Å². The molecule has 1 aromatic rings. The minimum atomic E-state index is -2.10. The first-order valence-corrected chi connectivity index (χ1v) is 12.4. The third-order valence-corrected chi connectivity index (χ3v) is 10.7. The van der Waals surface area contributed by atoms with E-state index in [-0.39, 0.29) is 21.2 Å². The molecule has 1 aliphatic heterocycles. The molecule has 0 radical (unpaired) electrons. The van der Waals surface area contributed by atoms with Gasteiger partial charge in [-0.2, -0.15) is 4.68 Å². The van der Waals surface area contributed by atoms with Gasteiger partial charge in [-0.3, -0.25) is 9.59 Å². The van der Waals surface area contributed by atoms with Crippen LogP contribution >= 0.6 is 69.6 Å². The monoisotopic (exact) mass is 592 g/mol. The van der Waals surface area contributed by atoms with Crippen molar-refractivity contribution in [1.82, 2.24) is 9.99 Å². The van der Waals surface area contributed by atoms with Crippen molar-refractivity contribution in [2.75, 3.05) is 5.01 Å². The molecule has 34 heavy (non-hydrogen) atoms. The largest absolute Gasteiger partial charge is 0.493 e. The van der Waals surface area contributed by atoms with Crippen molar-refractivity contribution in [1.29, 1.82) is 0 Å². The summed E-state index contributed by atoms with van der Waals surface area (Å²) in [5.74, 6) is -3.95. The zero-order valence-electron chi connectivity index (χ0n) is 18.4. The average Bonchev–Trinajstić information content (AvgIpc) is 3.04. The predicted molar refractivity (Wildman–Crippen MR) is 133 cm³/mol. The molecule has 188 valence electrons. The number of rotatable bonds is 2. The van der Waals surface area contributed by atoms with Gasteiger partial charge in [0, 0.05) is 11.1 Å². The van der Waals surface area contributed by atoms with Gasteiger partial charge in [0.2, 0.25) is 11.8 Å². The van der Waals surface area contributed by atoms with Crippen molar-refractivity contribution in [3.63, 3.8) is 0 Å². The number of amides is 2. The molecule has 1 fully saturated rings. The number of nitrogens with zero attached hydrogens (tertiary/aromatic N) is 2. The van der Waals surface area contributed by atoms with Gasteiger partial charge >= 0.3 is 11.8 Å². The molecule has 2 aliphatic carbocycles. The number of piperidine rings is 1. The van der Waals surface area contributed by atoms with Crippen LogP contribution in [-0.2, 0) is 19.3 Å². The molecule has 4 rings (SSSR count). The Morgan fingerprint density at radius 1 is 0.941 bits per heavy atom. The lowest BCUT2D eigenvalue weighted by Crippen LogP contribution is -2.65. The van der Waals surface area contributed by atoms with E-state index in [9.17, 15) is 19.8 Å². The van der Waals surface area contributed by atoms with Crippen LogP contribution in [0.1, 0.15) is 51.7 Å². The Hall–Kier alpha value is -0.740. The van der Waals surface area contributed by atoms with Gasteiger partial charge in [0.05, 0.1) is 27.2 Å². The third kappa shape index (κ3) is 3.03. The number of alkyl halides is 4. The number of carbonyl (C=O) groups is 2. The van der Waals surface area contributed by atoms with E-state index in [1.165, 1.54) is 0 Å². The number of nitrogens with one attached hydrogen (secondary N) is 1. The van der Waals surface area contributed by atoms with Gasteiger partial charge in [-0.05, 0) is 40.5 Å². The Labute approximate surface area is 225 Å². The summed E-state index contributed by atoms with van der Waals surface area (Å²) in [6.45, 7) is 7.68. The maximum absolute atomic E-state index is 13.1. The highest BCUT2D eigenvalue weighted by Gasteiger charge is 2.80. The molecule has 2 atom stereocenters. The summed E-state index contributed by atoms with van der Waals surface area (Å²) in [6.07, 6.45) is 0.674. The van der Waals surface area contributed by atoms with Gasteiger partial charge in [-0.25, -0.2) is 5.01 Å². The second-order valence-electron chi connectivity index (χ2n) is 10.2. The highest BCUT2D eigenvalue weighted by atomic mass is 35.5. The standard InChI is InChI=1S/C20H22Cl6N4O4/c1-16(2)5-7(6-17(3,4)28-16)29(15(34)12(27)31)30-13(32)8-9(14(30)33)19(24)11(22)10(21)18(8,23)20(19,25)26/h7,28,32-33H,5-6H2,1-4H3,(H2,27,31). The summed E-state index contributed by atoms with van der Waals surface area (Å²) in [4.78, 5) is 21.0. The Balaban J connectivity index is 1.99. The smallest absolute Gasteiger partial charge is 0.330 e. The molecule has 1 aromatic heterocycles. The van der Waals surface area contributed by atoms with Crippen molar-refractivity contribution in [2.24, 2.45) is 5.73 Å². The number of aromatic nitrogens is 1. The first-order chi connectivity index (χ1) is 15.3. The number of aromatic hydroxyl groups is 2. The molecule has 2 heterocycles. The highest BCUT2D eigenvalue weighted by Crippen LogP contribution is 2.80. The molecular weight excluding hydrogens is 573 g/mol. The maximum Gasteiger partial charge on any atom is 0.330 e. The fraction of sp³-hybridized carbons (Fsp3) is 0.600. The minimum absolute atomic E-state index is 0.226. The molecule has 8 nitrogen and oxygen atoms in total. The van der Waals surface area contributed by atoms with E-state index in [1.807, 2.05) is 27.7 Å². The van der Waals surface area contributed by atoms with Gasteiger partial charge in [-0.15, -0.1) is 23.2 Å². The summed E-state index contributed by atoms with van der Waals surface area (Å²) >= 11 is 39.2. The number of carbonyl (C=O) groups excluding carboxylic acids is 2. The Morgan fingerprint density at radius 3 is 1.68 bits per heavy atom. The van der Waals surface area contributed by atoms with Crippen LogP contribution < -0.4 is 16.1 Å². The minimum Gasteiger partial charge on any atom is -0.493 e. The van der Waals surface area contributed by atoms with Crippen molar-refractivity contribution >= 4 is 81.4 Å². The van der Waals surface area contributed by atoms with Crippen LogP contribution in [0.15, 0.2) is 10.1 Å². The summed E-state index contributed by atoms with van der Waals surface area (Å²) in [7, 11) is 0. The van der Waals surface area contributed by atoms with Crippen molar-refractivity contribution in [3.8, 4) is 11.8 Å². The Morgan fingerprint density at radius 2 is 1.32 bits per heavy atom. The predicted octanol–water partition coefficient (Wildman–Crippen LogP) is 3.92. The molecule has 2 bridgehead atoms. The normalized spacial score (nSPS) is 31.0. The number of nitrogens with two attached hydrogens (primary N) is 1. The van der Waals surface area contributed by atoms with Crippen LogP contribution in [0.25, 0.3) is 0 Å². The molecule has 2 amide bonds. The van der Waals surface area contributed by atoms with E-state index >= 15 is 0 Å². The Bertz CT molecular complexity index is 1110. The molecule has 0 aromatic carbocycles. The molecule has 0 spiro atoms. The van der Waals surface area contributed by atoms with Crippen LogP contribution in [0.3, 0.4) is 0 Å². The van der Waals surface area contributed by atoms with E-state index < -0.39 is 54.8 Å². The van der Waals surface area contributed by atoms with Crippen LogP contribution in [0, 0.1) is 0 Å². The molecule has 3 aliphatic rings. The van der Waals surface area contributed by atoms with Gasteiger partial charge in [0.15, 0.2) is 4.33 Å². The fourth-order valence-corrected chi connectivity index (χ4v) is 8.40. The van der Waals surface area contributed by atoms with E-state index in [0.717, 1.165) is 9.69 Å². The molecule has 14 heteroatoms. The van der Waals surface area contributed by atoms with E-state index in [1.54, 1.807) is 0 Å². The zero-order chi connectivity index (χ0) is 26.0. The third-order valence-electron chi connectivity index (χ3n) is 6.60. The number of halogens is 6. The van der Waals surface area contributed by atoms with Gasteiger partial charge in [0.25, 0.3) is 0 Å². The topological polar surface area (TPSA) is 121 Å². The van der Waals surface area contributed by atoms with Crippen LogP contribution in [0.5, 0.6) is 11.8 Å². The lowest BCUT2D eigenvalue weighted by Gasteiger charge is -2.49. The Kier molecular flexibility index (Phi) is 5.73. The van der Waals surface area contributed by atoms with E-state index in [0.29, 0.717) is 12.8 Å². The quantitative estimate of drug-likeness (QED) is 0.306. The van der Waals surface area contributed by atoms with Crippen molar-refractivity contribution < 1.29 is 19.8 Å². The fourth-order valence-electron chi connectivity index (χ4n) is 5.72. The summed E-state index contributed by atoms with van der Waals surface area (Å²) in [5.41, 5.74) is 3.92. The van der Waals surface area contributed by atoms with Gasteiger partial charge in [0.1, 0.15) is 9.75 Å². The van der Waals surface area contributed by atoms with E-state index in [2.05, 4.69) is 5.32 Å². The van der Waals surface area contributed by atoms with Crippen LogP contribution in [0.2, 0.25) is 0 Å². The lowest BCUT2D eigenvalue weighted by molar-refractivity contribution is -0.137.